The van der Waals surface area contributed by atoms with Gasteiger partial charge in [-0.25, -0.2) is 28.7 Å². The lowest BCUT2D eigenvalue weighted by atomic mass is 10.1. The van der Waals surface area contributed by atoms with Crippen molar-refractivity contribution in [2.24, 2.45) is 0 Å². The van der Waals surface area contributed by atoms with Gasteiger partial charge in [-0.15, -0.1) is 11.3 Å². The average Bonchev–Trinajstić information content (AvgIpc) is 3.37. The molecule has 0 atom stereocenters. The molecular weight excluding hydrogens is 484 g/mol. The minimum atomic E-state index is -0.964. The lowest BCUT2D eigenvalue weighted by Gasteiger charge is -2.11. The third-order valence-electron chi connectivity index (χ3n) is 5.39. The molecule has 0 aliphatic heterocycles. The molecule has 0 aliphatic rings. The number of anilines is 2. The van der Waals surface area contributed by atoms with E-state index < -0.39 is 17.5 Å². The SMILES string of the molecule is Nc1ncnc2ccc(-c3nc(CNc4ncccc4C(=O)NCc4ccc(F)c(F)c4)cs3)cc12. The van der Waals surface area contributed by atoms with Crippen molar-refractivity contribution in [1.82, 2.24) is 25.3 Å². The Hall–Kier alpha value is -4.51. The monoisotopic (exact) mass is 503 g/mol. The zero-order valence-corrected chi connectivity index (χ0v) is 19.5. The summed E-state index contributed by atoms with van der Waals surface area (Å²) in [6.07, 6.45) is 3.00. The van der Waals surface area contributed by atoms with Gasteiger partial charge < -0.3 is 16.4 Å². The Balaban J connectivity index is 1.26. The highest BCUT2D eigenvalue weighted by Crippen LogP contribution is 2.28. The minimum absolute atomic E-state index is 0.0428. The summed E-state index contributed by atoms with van der Waals surface area (Å²) in [4.78, 5) is 29.9. The van der Waals surface area contributed by atoms with Crippen LogP contribution in [0.2, 0.25) is 0 Å². The molecule has 2 aromatic carbocycles. The van der Waals surface area contributed by atoms with Crippen LogP contribution in [0.5, 0.6) is 0 Å². The van der Waals surface area contributed by atoms with Crippen LogP contribution in [0.25, 0.3) is 21.5 Å². The first-order chi connectivity index (χ1) is 17.5. The number of pyridine rings is 1. The van der Waals surface area contributed by atoms with E-state index in [2.05, 4.69) is 30.6 Å². The van der Waals surface area contributed by atoms with Crippen molar-refractivity contribution in [3.05, 3.63) is 94.9 Å². The Morgan fingerprint density at radius 2 is 1.89 bits per heavy atom. The van der Waals surface area contributed by atoms with Crippen molar-refractivity contribution in [3.8, 4) is 10.6 Å². The summed E-state index contributed by atoms with van der Waals surface area (Å²) >= 11 is 1.48. The number of nitrogens with one attached hydrogen (secondary N) is 2. The summed E-state index contributed by atoms with van der Waals surface area (Å²) in [5, 5.41) is 9.34. The van der Waals surface area contributed by atoms with E-state index in [1.54, 1.807) is 18.3 Å². The number of benzene rings is 2. The Bertz CT molecular complexity index is 1570. The standard InChI is InChI=1S/C25H19F2N7OS/c26-19-5-3-14(8-20(19)27)10-31-24(35)17-2-1-7-29-23(17)30-11-16-12-36-25(34-16)15-4-6-21-18(9-15)22(28)33-13-32-21/h1-9,12-13H,10-11H2,(H,29,30)(H,31,35)(H2,28,32,33). The van der Waals surface area contributed by atoms with Crippen LogP contribution in [0.15, 0.2) is 66.4 Å². The number of nitrogens with two attached hydrogens (primary N) is 1. The molecule has 5 aromatic rings. The molecular formula is C25H19F2N7OS. The molecule has 0 radical (unpaired) electrons. The minimum Gasteiger partial charge on any atom is -0.383 e. The maximum absolute atomic E-state index is 13.4. The quantitative estimate of drug-likeness (QED) is 0.298. The molecule has 0 spiro atoms. The van der Waals surface area contributed by atoms with Gasteiger partial charge >= 0.3 is 0 Å². The second-order valence-electron chi connectivity index (χ2n) is 7.82. The van der Waals surface area contributed by atoms with Gasteiger partial charge in [0.1, 0.15) is 23.0 Å². The normalized spacial score (nSPS) is 10.9. The fraction of sp³-hybridized carbons (Fsp3) is 0.0800. The number of nitrogen functional groups attached to an aromatic ring is 1. The van der Waals surface area contributed by atoms with Gasteiger partial charge in [0.15, 0.2) is 11.6 Å². The third-order valence-corrected chi connectivity index (χ3v) is 6.33. The lowest BCUT2D eigenvalue weighted by molar-refractivity contribution is 0.0951. The summed E-state index contributed by atoms with van der Waals surface area (Å²) in [7, 11) is 0. The van der Waals surface area contributed by atoms with Crippen LogP contribution in [0.1, 0.15) is 21.6 Å². The van der Waals surface area contributed by atoms with Crippen molar-refractivity contribution < 1.29 is 13.6 Å². The molecule has 4 N–H and O–H groups in total. The first-order valence-corrected chi connectivity index (χ1v) is 11.7. The topological polar surface area (TPSA) is 119 Å². The van der Waals surface area contributed by atoms with E-state index in [4.69, 9.17) is 5.73 Å². The van der Waals surface area contributed by atoms with Crippen LogP contribution in [0, 0.1) is 11.6 Å². The molecule has 0 bridgehead atoms. The predicted molar refractivity (Wildman–Crippen MR) is 134 cm³/mol. The number of fused-ring (bicyclic) bond motifs is 1. The second-order valence-corrected chi connectivity index (χ2v) is 8.68. The van der Waals surface area contributed by atoms with Gasteiger partial charge in [-0.3, -0.25) is 4.79 Å². The zero-order valence-electron chi connectivity index (χ0n) is 18.7. The molecule has 0 unspecified atom stereocenters. The van der Waals surface area contributed by atoms with Crippen molar-refractivity contribution in [2.45, 2.75) is 13.1 Å². The van der Waals surface area contributed by atoms with Gasteiger partial charge in [0.2, 0.25) is 0 Å². The summed E-state index contributed by atoms with van der Waals surface area (Å²) in [5.74, 6) is -1.51. The molecule has 11 heteroatoms. The largest absolute Gasteiger partial charge is 0.383 e. The van der Waals surface area contributed by atoms with E-state index in [-0.39, 0.29) is 6.54 Å². The molecule has 36 heavy (non-hydrogen) atoms. The average molecular weight is 504 g/mol. The van der Waals surface area contributed by atoms with E-state index >= 15 is 0 Å². The van der Waals surface area contributed by atoms with E-state index in [1.807, 2.05) is 23.6 Å². The number of nitrogens with zero attached hydrogens (tertiary/aromatic N) is 4. The number of carbonyl (C=O) groups is 1. The van der Waals surface area contributed by atoms with E-state index in [0.29, 0.717) is 29.3 Å². The van der Waals surface area contributed by atoms with Crippen molar-refractivity contribution in [3.63, 3.8) is 0 Å². The van der Waals surface area contributed by atoms with Crippen molar-refractivity contribution >= 4 is 39.8 Å². The highest BCUT2D eigenvalue weighted by Gasteiger charge is 2.14. The molecule has 0 saturated heterocycles. The number of amides is 1. The summed E-state index contributed by atoms with van der Waals surface area (Å²) in [6, 6.07) is 12.5. The van der Waals surface area contributed by atoms with Gasteiger partial charge in [0.25, 0.3) is 5.91 Å². The lowest BCUT2D eigenvalue weighted by Crippen LogP contribution is -2.24. The van der Waals surface area contributed by atoms with Crippen LogP contribution < -0.4 is 16.4 Å². The number of thiazole rings is 1. The number of aromatic nitrogens is 4. The number of hydrogen-bond donors (Lipinski definition) is 3. The molecule has 3 aromatic heterocycles. The van der Waals surface area contributed by atoms with E-state index in [1.165, 1.54) is 23.7 Å². The number of halogens is 2. The second kappa shape index (κ2) is 10.0. The Labute approximate surface area is 208 Å². The van der Waals surface area contributed by atoms with Gasteiger partial charge in [0, 0.05) is 29.1 Å². The zero-order chi connectivity index (χ0) is 25.1. The molecule has 1 amide bonds. The number of rotatable bonds is 7. The summed E-state index contributed by atoms with van der Waals surface area (Å²) < 4.78 is 26.5. The van der Waals surface area contributed by atoms with Gasteiger partial charge in [0.05, 0.1) is 23.3 Å². The van der Waals surface area contributed by atoms with Crippen LogP contribution >= 0.6 is 11.3 Å². The molecule has 0 fully saturated rings. The van der Waals surface area contributed by atoms with Crippen LogP contribution in [0.4, 0.5) is 20.4 Å². The molecule has 180 valence electrons. The first-order valence-electron chi connectivity index (χ1n) is 10.8. The smallest absolute Gasteiger partial charge is 0.255 e. The number of hydrogen-bond acceptors (Lipinski definition) is 8. The van der Waals surface area contributed by atoms with Gasteiger partial charge in [-0.2, -0.15) is 0 Å². The van der Waals surface area contributed by atoms with Crippen molar-refractivity contribution in [2.75, 3.05) is 11.1 Å². The Morgan fingerprint density at radius 3 is 2.75 bits per heavy atom. The molecule has 0 aliphatic carbocycles. The maximum Gasteiger partial charge on any atom is 0.255 e. The molecule has 8 nitrogen and oxygen atoms in total. The molecule has 5 rings (SSSR count). The van der Waals surface area contributed by atoms with E-state index in [9.17, 15) is 13.6 Å². The van der Waals surface area contributed by atoms with Crippen molar-refractivity contribution in [1.29, 1.82) is 0 Å². The summed E-state index contributed by atoms with van der Waals surface area (Å²) in [6.45, 7) is 0.386. The molecule has 0 saturated carbocycles. The summed E-state index contributed by atoms with van der Waals surface area (Å²) in [5.41, 5.74) is 9.17. The van der Waals surface area contributed by atoms with Gasteiger partial charge in [-0.1, -0.05) is 6.07 Å². The highest BCUT2D eigenvalue weighted by molar-refractivity contribution is 7.13. The predicted octanol–water partition coefficient (Wildman–Crippen LogP) is 4.55. The fourth-order valence-corrected chi connectivity index (χ4v) is 4.38. The fourth-order valence-electron chi connectivity index (χ4n) is 3.56. The molecule has 3 heterocycles. The Kier molecular flexibility index (Phi) is 6.46. The Morgan fingerprint density at radius 1 is 1.00 bits per heavy atom. The highest BCUT2D eigenvalue weighted by atomic mass is 32.1. The first kappa shape index (κ1) is 23.2. The van der Waals surface area contributed by atoms with Crippen LogP contribution in [0.3, 0.4) is 0 Å². The van der Waals surface area contributed by atoms with E-state index in [0.717, 1.165) is 39.3 Å². The third kappa shape index (κ3) is 4.96. The van der Waals surface area contributed by atoms with Gasteiger partial charge in [-0.05, 0) is 48.0 Å². The van der Waals surface area contributed by atoms with Crippen LogP contribution in [-0.4, -0.2) is 25.8 Å². The van der Waals surface area contributed by atoms with Crippen LogP contribution in [-0.2, 0) is 13.1 Å². The number of carbonyl (C=O) groups excluding carboxylic acids is 1. The maximum atomic E-state index is 13.4.